The monoisotopic (exact) mass is 328 g/mol. The highest BCUT2D eigenvalue weighted by Gasteiger charge is 2.44. The summed E-state index contributed by atoms with van der Waals surface area (Å²) in [5.74, 6) is 0. The Morgan fingerprint density at radius 2 is 1.50 bits per heavy atom. The van der Waals surface area contributed by atoms with Crippen molar-refractivity contribution in [1.82, 2.24) is 0 Å². The SMILES string of the molecule is CCCC1=C(CCC)[Si](C)(C)C([Si](C)(C)c2ccccc2)=C1. The van der Waals surface area contributed by atoms with Gasteiger partial charge in [-0.1, -0.05) is 110 Å². The molecule has 1 aromatic rings. The standard InChI is InChI=1S/C20H32Si2/c1-7-12-17-16-20(22(5,6)19(17)13-8-2)21(3,4)18-14-10-9-11-15-18/h9-11,14-16H,7-8,12-13H2,1-6H3. The molecule has 0 atom stereocenters. The van der Waals surface area contributed by atoms with E-state index in [9.17, 15) is 0 Å². The lowest BCUT2D eigenvalue weighted by Crippen LogP contribution is -2.52. The van der Waals surface area contributed by atoms with Crippen molar-refractivity contribution in [3.05, 3.63) is 52.0 Å². The largest absolute Gasteiger partial charge is 0.103 e. The summed E-state index contributed by atoms with van der Waals surface area (Å²) in [5.41, 5.74) is 1.70. The maximum absolute atomic E-state index is 2.65. The van der Waals surface area contributed by atoms with Crippen LogP contribution in [0.25, 0.3) is 0 Å². The predicted octanol–water partition coefficient (Wildman–Crippen LogP) is 5.76. The molecular weight excluding hydrogens is 296 g/mol. The van der Waals surface area contributed by atoms with Gasteiger partial charge in [-0.2, -0.15) is 0 Å². The van der Waals surface area contributed by atoms with Crippen LogP contribution in [-0.2, 0) is 0 Å². The minimum Gasteiger partial charge on any atom is -0.0817 e. The van der Waals surface area contributed by atoms with Gasteiger partial charge < -0.3 is 0 Å². The van der Waals surface area contributed by atoms with Crippen LogP contribution in [0.3, 0.4) is 0 Å². The molecule has 0 nitrogen and oxygen atoms in total. The quantitative estimate of drug-likeness (QED) is 0.582. The molecule has 0 bridgehead atoms. The van der Waals surface area contributed by atoms with E-state index in [0.717, 1.165) is 0 Å². The second kappa shape index (κ2) is 6.71. The molecule has 0 N–H and O–H groups in total. The first-order valence-electron chi connectivity index (χ1n) is 8.86. The molecule has 0 saturated heterocycles. The molecular formula is C20H32Si2. The lowest BCUT2D eigenvalue weighted by molar-refractivity contribution is 0.883. The Kier molecular flexibility index (Phi) is 5.34. The molecule has 1 heterocycles. The topological polar surface area (TPSA) is 0 Å². The van der Waals surface area contributed by atoms with Crippen molar-refractivity contribution in [2.75, 3.05) is 0 Å². The summed E-state index contributed by atoms with van der Waals surface area (Å²) < 4.78 is 0. The fourth-order valence-electron chi connectivity index (χ4n) is 4.19. The summed E-state index contributed by atoms with van der Waals surface area (Å²) in [6.45, 7) is 15.0. The second-order valence-electron chi connectivity index (χ2n) is 7.68. The van der Waals surface area contributed by atoms with Crippen molar-refractivity contribution in [3.8, 4) is 0 Å². The number of allylic oxidation sites excluding steroid dienone is 3. The van der Waals surface area contributed by atoms with E-state index >= 15 is 0 Å². The van der Waals surface area contributed by atoms with Crippen molar-refractivity contribution in [3.63, 3.8) is 0 Å². The summed E-state index contributed by atoms with van der Waals surface area (Å²) in [6.07, 6.45) is 7.79. The molecule has 0 saturated carbocycles. The summed E-state index contributed by atoms with van der Waals surface area (Å²) in [7, 11) is -2.98. The number of hydrogen-bond donors (Lipinski definition) is 0. The second-order valence-corrected chi connectivity index (χ2v) is 16.9. The zero-order chi connectivity index (χ0) is 16.4. The van der Waals surface area contributed by atoms with Crippen LogP contribution in [0.15, 0.2) is 52.0 Å². The minimum absolute atomic E-state index is 1.27. The first-order valence-corrected chi connectivity index (χ1v) is 14.9. The molecule has 2 rings (SSSR count). The van der Waals surface area contributed by atoms with E-state index in [1.54, 1.807) is 10.8 Å². The Morgan fingerprint density at radius 3 is 2.05 bits per heavy atom. The normalized spacial score (nSPS) is 17.8. The highest BCUT2D eigenvalue weighted by atomic mass is 28.4. The van der Waals surface area contributed by atoms with Gasteiger partial charge in [0.2, 0.25) is 0 Å². The van der Waals surface area contributed by atoms with Crippen molar-refractivity contribution >= 4 is 21.3 Å². The van der Waals surface area contributed by atoms with Gasteiger partial charge in [0.25, 0.3) is 0 Å². The van der Waals surface area contributed by atoms with Crippen molar-refractivity contribution in [2.24, 2.45) is 0 Å². The van der Waals surface area contributed by atoms with Gasteiger partial charge in [-0.25, -0.2) is 0 Å². The number of benzene rings is 1. The van der Waals surface area contributed by atoms with Crippen LogP contribution in [0.5, 0.6) is 0 Å². The number of rotatable bonds is 6. The molecule has 1 aliphatic rings. The maximum atomic E-state index is 2.65. The predicted molar refractivity (Wildman–Crippen MR) is 106 cm³/mol. The molecule has 2 heteroatoms. The summed E-state index contributed by atoms with van der Waals surface area (Å²) in [6, 6.07) is 11.3. The van der Waals surface area contributed by atoms with E-state index in [2.05, 4.69) is 76.4 Å². The van der Waals surface area contributed by atoms with Crippen LogP contribution in [0.1, 0.15) is 39.5 Å². The fraction of sp³-hybridized carbons (Fsp3) is 0.500. The van der Waals surface area contributed by atoms with Crippen LogP contribution in [-0.4, -0.2) is 16.1 Å². The Labute approximate surface area is 139 Å². The highest BCUT2D eigenvalue weighted by molar-refractivity contribution is 7.13. The number of hydrogen-bond acceptors (Lipinski definition) is 0. The first kappa shape index (κ1) is 17.5. The van der Waals surface area contributed by atoms with Gasteiger partial charge in [-0.15, -0.1) is 0 Å². The molecule has 0 fully saturated rings. The molecule has 1 aliphatic heterocycles. The van der Waals surface area contributed by atoms with Crippen molar-refractivity contribution in [1.29, 1.82) is 0 Å². The van der Waals surface area contributed by atoms with Gasteiger partial charge in [0, 0.05) is 0 Å². The molecule has 0 amide bonds. The van der Waals surface area contributed by atoms with Crippen LogP contribution in [0.2, 0.25) is 26.2 Å². The average Bonchev–Trinajstić information content (AvgIpc) is 2.73. The zero-order valence-corrected chi connectivity index (χ0v) is 17.3. The molecule has 22 heavy (non-hydrogen) atoms. The fourth-order valence-corrected chi connectivity index (χ4v) is 15.9. The smallest absolute Gasteiger partial charge is 0.0817 e. The van der Waals surface area contributed by atoms with Crippen LogP contribution >= 0.6 is 0 Å². The van der Waals surface area contributed by atoms with E-state index in [4.69, 9.17) is 0 Å². The Bertz CT molecular complexity index is 577. The third-order valence-corrected chi connectivity index (χ3v) is 15.9. The molecule has 1 aromatic carbocycles. The van der Waals surface area contributed by atoms with Crippen molar-refractivity contribution in [2.45, 2.75) is 65.7 Å². The van der Waals surface area contributed by atoms with E-state index in [1.165, 1.54) is 25.7 Å². The van der Waals surface area contributed by atoms with Gasteiger partial charge in [-0.3, -0.25) is 0 Å². The summed E-state index contributed by atoms with van der Waals surface area (Å²) in [5, 5.41) is 3.44. The minimum atomic E-state index is -1.54. The van der Waals surface area contributed by atoms with E-state index in [1.807, 2.05) is 10.0 Å². The summed E-state index contributed by atoms with van der Waals surface area (Å²) in [4.78, 5) is 1.86. The Hall–Kier alpha value is -0.866. The lowest BCUT2D eigenvalue weighted by atomic mass is 10.1. The Morgan fingerprint density at radius 1 is 0.909 bits per heavy atom. The van der Waals surface area contributed by atoms with Gasteiger partial charge in [0.1, 0.15) is 8.07 Å². The van der Waals surface area contributed by atoms with E-state index < -0.39 is 16.1 Å². The van der Waals surface area contributed by atoms with Gasteiger partial charge >= 0.3 is 0 Å². The lowest BCUT2D eigenvalue weighted by Gasteiger charge is -2.35. The zero-order valence-electron chi connectivity index (χ0n) is 15.3. The molecule has 0 spiro atoms. The highest BCUT2D eigenvalue weighted by Crippen LogP contribution is 2.42. The van der Waals surface area contributed by atoms with Crippen LogP contribution < -0.4 is 5.19 Å². The van der Waals surface area contributed by atoms with E-state index in [-0.39, 0.29) is 0 Å². The Balaban J connectivity index is 2.46. The van der Waals surface area contributed by atoms with Gasteiger partial charge in [0.05, 0.1) is 8.07 Å². The first-order chi connectivity index (χ1) is 10.4. The maximum Gasteiger partial charge on any atom is 0.103 e. The van der Waals surface area contributed by atoms with Gasteiger partial charge in [-0.05, 0) is 12.8 Å². The molecule has 0 aromatic heterocycles. The third-order valence-electron chi connectivity index (χ3n) is 5.32. The average molecular weight is 329 g/mol. The van der Waals surface area contributed by atoms with Crippen LogP contribution in [0.4, 0.5) is 0 Å². The molecule has 0 unspecified atom stereocenters. The third kappa shape index (κ3) is 3.09. The van der Waals surface area contributed by atoms with Crippen molar-refractivity contribution < 1.29 is 0 Å². The molecule has 0 radical (unpaired) electrons. The van der Waals surface area contributed by atoms with E-state index in [0.29, 0.717) is 0 Å². The molecule has 120 valence electrons. The molecule has 0 aliphatic carbocycles. The van der Waals surface area contributed by atoms with Gasteiger partial charge in [0.15, 0.2) is 0 Å². The van der Waals surface area contributed by atoms with Crippen LogP contribution in [0, 0.1) is 0 Å². The summed E-state index contributed by atoms with van der Waals surface area (Å²) >= 11 is 0.